The van der Waals surface area contributed by atoms with Gasteiger partial charge in [0, 0.05) is 45.3 Å². The molecule has 0 radical (unpaired) electrons. The van der Waals surface area contributed by atoms with Crippen molar-refractivity contribution in [2.75, 3.05) is 52.4 Å². The molecule has 1 N–H and O–H groups in total. The minimum Gasteiger partial charge on any atom is -0.357 e. The third-order valence-corrected chi connectivity index (χ3v) is 4.76. The van der Waals surface area contributed by atoms with E-state index in [1.807, 2.05) is 6.92 Å². The predicted molar refractivity (Wildman–Crippen MR) is 112 cm³/mol. The van der Waals surface area contributed by atoms with Crippen LogP contribution in [-0.2, 0) is 0 Å². The first kappa shape index (κ1) is 25.7. The Morgan fingerprint density at radius 3 is 2.12 bits per heavy atom. The van der Waals surface area contributed by atoms with Crippen molar-refractivity contribution < 1.29 is 13.2 Å². The Morgan fingerprint density at radius 2 is 1.69 bits per heavy atom. The van der Waals surface area contributed by atoms with E-state index in [1.54, 1.807) is 0 Å². The SMILES string of the molecule is CCNC(=NCCN(CC)C(C)C)N1CCN(C(C)C(F)(F)F)CC1.I. The maximum atomic E-state index is 12.9. The molecule has 1 rings (SSSR count). The fourth-order valence-electron chi connectivity index (χ4n) is 3.02. The first-order valence-corrected chi connectivity index (χ1v) is 9.28. The Kier molecular flexibility index (Phi) is 12.1. The molecule has 1 atom stereocenters. The third-order valence-electron chi connectivity index (χ3n) is 4.76. The molecule has 1 aliphatic heterocycles. The van der Waals surface area contributed by atoms with E-state index in [9.17, 15) is 13.2 Å². The maximum Gasteiger partial charge on any atom is 0.403 e. The number of hydrogen-bond donors (Lipinski definition) is 1. The summed E-state index contributed by atoms with van der Waals surface area (Å²) in [6.45, 7) is 14.9. The quantitative estimate of drug-likeness (QED) is 0.336. The Labute approximate surface area is 173 Å². The Balaban J connectivity index is 0.00000625. The van der Waals surface area contributed by atoms with Crippen molar-refractivity contribution in [1.82, 2.24) is 20.0 Å². The molecular formula is C17H35F3IN5. The minimum absolute atomic E-state index is 0. The van der Waals surface area contributed by atoms with E-state index in [2.05, 4.69) is 40.9 Å². The summed E-state index contributed by atoms with van der Waals surface area (Å²) in [6, 6.07) is -0.909. The molecule has 1 fully saturated rings. The minimum atomic E-state index is -4.17. The first-order valence-electron chi connectivity index (χ1n) is 9.28. The predicted octanol–water partition coefficient (Wildman–Crippen LogP) is 2.87. The van der Waals surface area contributed by atoms with Crippen molar-refractivity contribution in [3.63, 3.8) is 0 Å². The van der Waals surface area contributed by atoms with Crippen molar-refractivity contribution in [3.05, 3.63) is 0 Å². The van der Waals surface area contributed by atoms with Gasteiger partial charge in [0.1, 0.15) is 6.04 Å². The lowest BCUT2D eigenvalue weighted by atomic mass is 10.2. The van der Waals surface area contributed by atoms with E-state index in [-0.39, 0.29) is 24.0 Å². The topological polar surface area (TPSA) is 34.1 Å². The van der Waals surface area contributed by atoms with Gasteiger partial charge in [-0.1, -0.05) is 6.92 Å². The van der Waals surface area contributed by atoms with Gasteiger partial charge < -0.3 is 10.2 Å². The molecule has 5 nitrogen and oxygen atoms in total. The lowest BCUT2D eigenvalue weighted by Crippen LogP contribution is -2.56. The number of nitrogens with one attached hydrogen (secondary N) is 1. The number of nitrogens with zero attached hydrogens (tertiary/aromatic N) is 4. The summed E-state index contributed by atoms with van der Waals surface area (Å²) in [6.07, 6.45) is -4.17. The van der Waals surface area contributed by atoms with Gasteiger partial charge in [-0.15, -0.1) is 24.0 Å². The van der Waals surface area contributed by atoms with Crippen molar-refractivity contribution >= 4 is 29.9 Å². The van der Waals surface area contributed by atoms with E-state index < -0.39 is 12.2 Å². The van der Waals surface area contributed by atoms with E-state index in [4.69, 9.17) is 0 Å². The van der Waals surface area contributed by atoms with Crippen LogP contribution >= 0.6 is 24.0 Å². The number of likely N-dealkylation sites (N-methyl/N-ethyl adjacent to an activating group) is 1. The highest BCUT2D eigenvalue weighted by Gasteiger charge is 2.41. The molecule has 9 heteroatoms. The molecule has 156 valence electrons. The van der Waals surface area contributed by atoms with Gasteiger partial charge >= 0.3 is 6.18 Å². The summed E-state index contributed by atoms with van der Waals surface area (Å²) in [5, 5.41) is 3.26. The van der Waals surface area contributed by atoms with E-state index in [0.29, 0.717) is 38.8 Å². The summed E-state index contributed by atoms with van der Waals surface area (Å²) in [5.74, 6) is 0.807. The molecule has 1 heterocycles. The molecule has 0 bridgehead atoms. The maximum absolute atomic E-state index is 12.9. The Morgan fingerprint density at radius 1 is 1.12 bits per heavy atom. The molecule has 0 aromatic heterocycles. The average Bonchev–Trinajstić information content (AvgIpc) is 2.56. The number of guanidine groups is 1. The number of aliphatic imine (C=N–C) groups is 1. The monoisotopic (exact) mass is 493 g/mol. The number of halogens is 4. The molecule has 26 heavy (non-hydrogen) atoms. The lowest BCUT2D eigenvalue weighted by molar-refractivity contribution is -0.181. The van der Waals surface area contributed by atoms with Crippen molar-refractivity contribution in [2.24, 2.45) is 4.99 Å². The normalized spacial score (nSPS) is 18.2. The first-order chi connectivity index (χ1) is 11.7. The lowest BCUT2D eigenvalue weighted by Gasteiger charge is -2.39. The molecular weight excluding hydrogens is 458 g/mol. The second-order valence-corrected chi connectivity index (χ2v) is 6.70. The molecule has 0 amide bonds. The van der Waals surface area contributed by atoms with Crippen molar-refractivity contribution in [2.45, 2.75) is 52.9 Å². The summed E-state index contributed by atoms with van der Waals surface area (Å²) >= 11 is 0. The standard InChI is InChI=1S/C17H34F3N5.HI/c1-6-21-16(22-8-9-23(7-2)14(3)4)25-12-10-24(11-13-25)15(5)17(18,19)20;/h14-15H,6-13H2,1-5H3,(H,21,22);1H. The van der Waals surface area contributed by atoms with Crippen LogP contribution in [0.1, 0.15) is 34.6 Å². The van der Waals surface area contributed by atoms with Gasteiger partial charge in [0.05, 0.1) is 6.54 Å². The molecule has 0 aromatic carbocycles. The number of hydrogen-bond acceptors (Lipinski definition) is 3. The summed E-state index contributed by atoms with van der Waals surface area (Å²) in [5.41, 5.74) is 0. The second kappa shape index (κ2) is 12.2. The van der Waals surface area contributed by atoms with Crippen molar-refractivity contribution in [1.29, 1.82) is 0 Å². The third kappa shape index (κ3) is 8.16. The van der Waals surface area contributed by atoms with Crippen LogP contribution in [0.5, 0.6) is 0 Å². The van der Waals surface area contributed by atoms with E-state index >= 15 is 0 Å². The summed E-state index contributed by atoms with van der Waals surface area (Å²) < 4.78 is 38.6. The van der Waals surface area contributed by atoms with Crippen LogP contribution in [0.25, 0.3) is 0 Å². The van der Waals surface area contributed by atoms with Crippen LogP contribution in [0.15, 0.2) is 4.99 Å². The Hall–Kier alpha value is -0.290. The van der Waals surface area contributed by atoms with Gasteiger partial charge in [-0.25, -0.2) is 0 Å². The molecule has 0 spiro atoms. The van der Waals surface area contributed by atoms with Crippen LogP contribution in [0.2, 0.25) is 0 Å². The van der Waals surface area contributed by atoms with Crippen LogP contribution in [0.4, 0.5) is 13.2 Å². The van der Waals surface area contributed by atoms with Gasteiger partial charge in [0.25, 0.3) is 0 Å². The van der Waals surface area contributed by atoms with E-state index in [0.717, 1.165) is 25.6 Å². The molecule has 1 aliphatic rings. The van der Waals surface area contributed by atoms with Crippen LogP contribution < -0.4 is 5.32 Å². The van der Waals surface area contributed by atoms with Gasteiger partial charge in [-0.3, -0.25) is 14.8 Å². The van der Waals surface area contributed by atoms with Crippen LogP contribution in [0, 0.1) is 0 Å². The fourth-order valence-corrected chi connectivity index (χ4v) is 3.02. The molecule has 0 saturated carbocycles. The molecule has 1 saturated heterocycles. The summed E-state index contributed by atoms with van der Waals surface area (Å²) in [7, 11) is 0. The van der Waals surface area contributed by atoms with Gasteiger partial charge in [0.15, 0.2) is 5.96 Å². The summed E-state index contributed by atoms with van der Waals surface area (Å²) in [4.78, 5) is 10.6. The molecule has 1 unspecified atom stereocenters. The van der Waals surface area contributed by atoms with E-state index in [1.165, 1.54) is 11.8 Å². The zero-order valence-electron chi connectivity index (χ0n) is 16.6. The van der Waals surface area contributed by atoms with Crippen LogP contribution in [-0.4, -0.2) is 91.3 Å². The fraction of sp³-hybridized carbons (Fsp3) is 0.941. The van der Waals surface area contributed by atoms with Gasteiger partial charge in [-0.2, -0.15) is 13.2 Å². The highest BCUT2D eigenvalue weighted by molar-refractivity contribution is 14.0. The zero-order valence-corrected chi connectivity index (χ0v) is 19.0. The molecule has 0 aliphatic carbocycles. The van der Waals surface area contributed by atoms with Gasteiger partial charge in [-0.05, 0) is 34.2 Å². The zero-order chi connectivity index (χ0) is 19.0. The average molecular weight is 493 g/mol. The number of rotatable bonds is 7. The molecule has 0 aromatic rings. The van der Waals surface area contributed by atoms with Gasteiger partial charge in [0.2, 0.25) is 0 Å². The number of alkyl halides is 3. The largest absolute Gasteiger partial charge is 0.403 e. The Bertz CT molecular complexity index is 410. The van der Waals surface area contributed by atoms with Crippen LogP contribution in [0.3, 0.4) is 0 Å². The smallest absolute Gasteiger partial charge is 0.357 e. The van der Waals surface area contributed by atoms with Crippen molar-refractivity contribution in [3.8, 4) is 0 Å². The number of piperazine rings is 1. The highest BCUT2D eigenvalue weighted by atomic mass is 127. The second-order valence-electron chi connectivity index (χ2n) is 6.70. The highest BCUT2D eigenvalue weighted by Crippen LogP contribution is 2.25.